The summed E-state index contributed by atoms with van der Waals surface area (Å²) < 4.78 is 19.7. The summed E-state index contributed by atoms with van der Waals surface area (Å²) in [6, 6.07) is 11.4. The highest BCUT2D eigenvalue weighted by atomic mass is 19.1. The summed E-state index contributed by atoms with van der Waals surface area (Å²) in [6.45, 7) is 8.37. The molecule has 3 rings (SSSR count). The molecule has 3 amide bonds. The molecule has 0 aromatic heterocycles. The van der Waals surface area contributed by atoms with Gasteiger partial charge < -0.3 is 20.7 Å². The topological polar surface area (TPSA) is 109 Å². The van der Waals surface area contributed by atoms with Crippen LogP contribution in [0, 0.1) is 11.7 Å². The Morgan fingerprint density at radius 2 is 1.68 bits per heavy atom. The molecule has 0 unspecified atom stereocenters. The smallest absolute Gasteiger partial charge is 0.243 e. The lowest BCUT2D eigenvalue weighted by Crippen LogP contribution is -2.59. The van der Waals surface area contributed by atoms with Gasteiger partial charge in [0.25, 0.3) is 0 Å². The van der Waals surface area contributed by atoms with E-state index < -0.39 is 24.0 Å². The fourth-order valence-corrected chi connectivity index (χ4v) is 4.76. The van der Waals surface area contributed by atoms with E-state index in [4.69, 9.17) is 4.74 Å². The van der Waals surface area contributed by atoms with Crippen molar-refractivity contribution in [2.75, 3.05) is 13.2 Å². The summed E-state index contributed by atoms with van der Waals surface area (Å²) in [6.07, 6.45) is 2.92. The van der Waals surface area contributed by atoms with Gasteiger partial charge in [0.2, 0.25) is 17.7 Å². The number of fused-ring (bicyclic) bond motifs is 1. The van der Waals surface area contributed by atoms with Crippen molar-refractivity contribution in [3.63, 3.8) is 0 Å². The lowest BCUT2D eigenvalue weighted by atomic mass is 9.99. The van der Waals surface area contributed by atoms with Gasteiger partial charge in [0.15, 0.2) is 0 Å². The second-order valence-corrected chi connectivity index (χ2v) is 10.8. The average molecular weight is 555 g/mol. The Kier molecular flexibility index (Phi) is 11.9. The number of hydrogen-bond donors (Lipinski definition) is 4. The van der Waals surface area contributed by atoms with Crippen molar-refractivity contribution in [1.29, 1.82) is 0 Å². The van der Waals surface area contributed by atoms with Crippen LogP contribution < -0.4 is 26.0 Å². The van der Waals surface area contributed by atoms with E-state index in [2.05, 4.69) is 21.3 Å². The zero-order valence-corrected chi connectivity index (χ0v) is 24.0. The third-order valence-corrected chi connectivity index (χ3v) is 7.00. The molecule has 8 nitrogen and oxygen atoms in total. The molecule has 0 spiro atoms. The number of aryl methyl sites for hydroxylation is 1. The Bertz CT molecular complexity index is 1120. The van der Waals surface area contributed by atoms with Crippen LogP contribution in [0.5, 0.6) is 5.75 Å². The first kappa shape index (κ1) is 31.1. The number of carbonyl (C=O) groups excluding carboxylic acids is 3. The molecule has 0 fully saturated rings. The van der Waals surface area contributed by atoms with Crippen LogP contribution in [0.2, 0.25) is 0 Å². The van der Waals surface area contributed by atoms with Crippen molar-refractivity contribution in [2.24, 2.45) is 5.92 Å². The molecular formula is C31H43FN4O4. The number of hydrogen-bond acceptors (Lipinski definition) is 5. The molecule has 0 saturated heterocycles. The van der Waals surface area contributed by atoms with Gasteiger partial charge in [0, 0.05) is 12.6 Å². The molecule has 0 bridgehead atoms. The summed E-state index contributed by atoms with van der Waals surface area (Å²) in [4.78, 5) is 39.9. The highest BCUT2D eigenvalue weighted by Gasteiger charge is 2.31. The summed E-state index contributed by atoms with van der Waals surface area (Å²) in [7, 11) is 0. The van der Waals surface area contributed by atoms with E-state index in [1.807, 2.05) is 52.0 Å². The van der Waals surface area contributed by atoms with Gasteiger partial charge in [-0.1, -0.05) is 57.5 Å². The first-order chi connectivity index (χ1) is 19.2. The number of rotatable bonds is 5. The fraction of sp³-hybridized carbons (Fsp3) is 0.516. The van der Waals surface area contributed by atoms with E-state index in [0.29, 0.717) is 38.8 Å². The van der Waals surface area contributed by atoms with E-state index >= 15 is 0 Å². The minimum atomic E-state index is -0.838. The van der Waals surface area contributed by atoms with Crippen molar-refractivity contribution in [1.82, 2.24) is 21.3 Å². The Hall–Kier alpha value is -3.46. The summed E-state index contributed by atoms with van der Waals surface area (Å²) in [5.74, 6) is -0.803. The maximum absolute atomic E-state index is 13.6. The quantitative estimate of drug-likeness (QED) is 0.454. The molecule has 2 aromatic carbocycles. The lowest BCUT2D eigenvalue weighted by Gasteiger charge is -2.29. The molecule has 4 atom stereocenters. The molecule has 1 heterocycles. The van der Waals surface area contributed by atoms with E-state index in [-0.39, 0.29) is 29.6 Å². The number of carbonyl (C=O) groups is 3. The van der Waals surface area contributed by atoms with Crippen LogP contribution in [0.4, 0.5) is 4.39 Å². The number of para-hydroxylation sites is 1. The van der Waals surface area contributed by atoms with Crippen molar-refractivity contribution in [2.45, 2.75) is 84.0 Å². The van der Waals surface area contributed by atoms with Gasteiger partial charge in [0.1, 0.15) is 30.3 Å². The predicted octanol–water partition coefficient (Wildman–Crippen LogP) is 3.28. The predicted molar refractivity (Wildman–Crippen MR) is 153 cm³/mol. The first-order valence-corrected chi connectivity index (χ1v) is 14.3. The van der Waals surface area contributed by atoms with Crippen LogP contribution in [-0.2, 0) is 27.2 Å². The maximum Gasteiger partial charge on any atom is 0.243 e. The third-order valence-electron chi connectivity index (χ3n) is 7.00. The largest absolute Gasteiger partial charge is 0.492 e. The number of ether oxygens (including phenoxy) is 1. The van der Waals surface area contributed by atoms with E-state index in [1.54, 1.807) is 12.1 Å². The second kappa shape index (κ2) is 15.4. The van der Waals surface area contributed by atoms with Crippen LogP contribution >= 0.6 is 0 Å². The van der Waals surface area contributed by atoms with Gasteiger partial charge in [-0.15, -0.1) is 0 Å². The molecule has 0 radical (unpaired) electrons. The minimum absolute atomic E-state index is 0.206. The van der Waals surface area contributed by atoms with Crippen molar-refractivity contribution in [3.8, 4) is 5.75 Å². The highest BCUT2D eigenvalue weighted by Crippen LogP contribution is 2.20. The molecule has 9 heteroatoms. The monoisotopic (exact) mass is 554 g/mol. The molecule has 40 heavy (non-hydrogen) atoms. The molecular weight excluding hydrogens is 511 g/mol. The second-order valence-electron chi connectivity index (χ2n) is 10.8. The molecule has 2 aromatic rings. The van der Waals surface area contributed by atoms with Gasteiger partial charge >= 0.3 is 0 Å². The van der Waals surface area contributed by atoms with Crippen molar-refractivity contribution < 1.29 is 23.5 Å². The SMILES string of the molecule is CCC[C@@H]1NC(=O)[C@@H](C(C)C)NC(=O)[C@@H](Cc2ccc(F)cc2)N[C@@H](C)COc2ccccc2CCCNC1=O. The zero-order valence-electron chi connectivity index (χ0n) is 24.0. The van der Waals surface area contributed by atoms with Crippen LogP contribution in [0.15, 0.2) is 48.5 Å². The van der Waals surface area contributed by atoms with Crippen LogP contribution in [-0.4, -0.2) is 55.0 Å². The van der Waals surface area contributed by atoms with Gasteiger partial charge in [-0.3, -0.25) is 19.7 Å². The Balaban J connectivity index is 1.89. The van der Waals surface area contributed by atoms with Gasteiger partial charge in [0.05, 0.1) is 6.04 Å². The average Bonchev–Trinajstić information content (AvgIpc) is 2.93. The Morgan fingerprint density at radius 3 is 2.38 bits per heavy atom. The van der Waals surface area contributed by atoms with E-state index in [9.17, 15) is 18.8 Å². The van der Waals surface area contributed by atoms with E-state index in [1.165, 1.54) is 12.1 Å². The number of benzene rings is 2. The van der Waals surface area contributed by atoms with Crippen molar-refractivity contribution in [3.05, 3.63) is 65.5 Å². The summed E-state index contributed by atoms with van der Waals surface area (Å²) in [5.41, 5.74) is 1.81. The standard InChI is InChI=1S/C31H43FN4O4/c1-5-9-25-29(37)33-17-8-11-23-10-6-7-12-27(23)40-19-21(4)34-26(18-22-13-15-24(32)16-14-22)30(38)36-28(20(2)3)31(39)35-25/h6-7,10,12-16,20-21,25-26,28,34H,5,8-9,11,17-19H2,1-4H3,(H,33,37)(H,35,39)(H,36,38)/t21-,25-,26+,28+/m0/s1. The molecule has 0 saturated carbocycles. The number of nitrogens with one attached hydrogen (secondary N) is 4. The zero-order chi connectivity index (χ0) is 29.1. The minimum Gasteiger partial charge on any atom is -0.492 e. The van der Waals surface area contributed by atoms with Gasteiger partial charge in [-0.05, 0) is 67.9 Å². The third kappa shape index (κ3) is 9.33. The first-order valence-electron chi connectivity index (χ1n) is 14.3. The number of amides is 3. The molecule has 0 aliphatic carbocycles. The van der Waals surface area contributed by atoms with Gasteiger partial charge in [-0.25, -0.2) is 4.39 Å². The lowest BCUT2D eigenvalue weighted by molar-refractivity contribution is -0.133. The van der Waals surface area contributed by atoms with Crippen LogP contribution in [0.3, 0.4) is 0 Å². The number of halogens is 1. The molecule has 4 N–H and O–H groups in total. The summed E-state index contributed by atoms with van der Waals surface area (Å²) >= 11 is 0. The summed E-state index contributed by atoms with van der Waals surface area (Å²) in [5, 5.41) is 12.1. The Morgan fingerprint density at radius 1 is 0.950 bits per heavy atom. The fourth-order valence-electron chi connectivity index (χ4n) is 4.76. The normalized spacial score (nSPS) is 23.6. The maximum atomic E-state index is 13.6. The van der Waals surface area contributed by atoms with E-state index in [0.717, 1.165) is 23.3 Å². The van der Waals surface area contributed by atoms with Crippen molar-refractivity contribution >= 4 is 17.7 Å². The van der Waals surface area contributed by atoms with Crippen LogP contribution in [0.1, 0.15) is 58.1 Å². The molecule has 1 aliphatic rings. The highest BCUT2D eigenvalue weighted by molar-refractivity contribution is 5.93. The Labute approximate surface area is 236 Å². The van der Waals surface area contributed by atoms with Crippen LogP contribution in [0.25, 0.3) is 0 Å². The molecule has 1 aliphatic heterocycles. The molecule has 218 valence electrons. The van der Waals surface area contributed by atoms with Gasteiger partial charge in [-0.2, -0.15) is 0 Å².